The second-order valence-corrected chi connectivity index (χ2v) is 10.2. The highest BCUT2D eigenvalue weighted by Crippen LogP contribution is 2.25. The summed E-state index contributed by atoms with van der Waals surface area (Å²) in [4.78, 5) is 12.7. The molecule has 0 radical (unpaired) electrons. The van der Waals surface area contributed by atoms with E-state index in [0.717, 1.165) is 23.3 Å². The van der Waals surface area contributed by atoms with Crippen LogP contribution in [0, 0.1) is 12.8 Å². The van der Waals surface area contributed by atoms with Gasteiger partial charge >= 0.3 is 0 Å². The molecule has 170 valence electrons. The third kappa shape index (κ3) is 7.58. The Labute approximate surface area is 186 Å². The quantitative estimate of drug-likeness (QED) is 0.553. The van der Waals surface area contributed by atoms with Gasteiger partial charge in [0.2, 0.25) is 15.9 Å². The Morgan fingerprint density at radius 2 is 1.74 bits per heavy atom. The molecule has 1 atom stereocenters. The number of hydrogen-bond acceptors (Lipinski definition) is 4. The number of benzene rings is 2. The lowest BCUT2D eigenvalue weighted by Gasteiger charge is -2.25. The van der Waals surface area contributed by atoms with E-state index in [2.05, 4.69) is 19.2 Å². The molecule has 2 aromatic rings. The number of ether oxygens (including phenoxy) is 1. The maximum absolute atomic E-state index is 12.7. The zero-order chi connectivity index (χ0) is 23.0. The first kappa shape index (κ1) is 24.7. The zero-order valence-electron chi connectivity index (χ0n) is 19.1. The van der Waals surface area contributed by atoms with Gasteiger partial charge in [-0.05, 0) is 55.0 Å². The van der Waals surface area contributed by atoms with Gasteiger partial charge in [0.15, 0.2) is 0 Å². The molecule has 0 saturated heterocycles. The number of sulfonamides is 1. The predicted octanol–water partition coefficient (Wildman–Crippen LogP) is 4.45. The number of carbonyl (C=O) groups excluding carboxylic acids is 1. The van der Waals surface area contributed by atoms with Crippen molar-refractivity contribution in [2.45, 2.75) is 46.1 Å². The molecule has 0 spiro atoms. The van der Waals surface area contributed by atoms with Crippen molar-refractivity contribution in [3.05, 3.63) is 59.7 Å². The lowest BCUT2D eigenvalue weighted by Crippen LogP contribution is -2.33. The Kier molecular flexibility index (Phi) is 8.92. The number of rotatable bonds is 11. The van der Waals surface area contributed by atoms with Crippen molar-refractivity contribution in [1.29, 1.82) is 0 Å². The monoisotopic (exact) mass is 446 g/mol. The largest absolute Gasteiger partial charge is 0.497 e. The van der Waals surface area contributed by atoms with Crippen LogP contribution in [0.2, 0.25) is 0 Å². The fourth-order valence-corrected chi connectivity index (χ4v) is 4.57. The lowest BCUT2D eigenvalue weighted by atomic mass is 9.96. The minimum absolute atomic E-state index is 0.0836. The number of hydrogen-bond donors (Lipinski definition) is 1. The molecule has 1 N–H and O–H groups in total. The van der Waals surface area contributed by atoms with E-state index in [4.69, 9.17) is 4.74 Å². The topological polar surface area (TPSA) is 75.7 Å². The smallest absolute Gasteiger partial charge is 0.232 e. The van der Waals surface area contributed by atoms with E-state index in [-0.39, 0.29) is 24.9 Å². The summed E-state index contributed by atoms with van der Waals surface area (Å²) in [5, 5.41) is 3.12. The molecule has 6 nitrogen and oxygen atoms in total. The predicted molar refractivity (Wildman–Crippen MR) is 126 cm³/mol. The number of nitrogens with one attached hydrogen (secondary N) is 1. The van der Waals surface area contributed by atoms with Crippen molar-refractivity contribution < 1.29 is 17.9 Å². The van der Waals surface area contributed by atoms with Crippen LogP contribution in [0.4, 0.5) is 5.69 Å². The first-order chi connectivity index (χ1) is 14.6. The van der Waals surface area contributed by atoms with Crippen molar-refractivity contribution in [3.8, 4) is 5.75 Å². The third-order valence-corrected chi connectivity index (χ3v) is 6.29. The van der Waals surface area contributed by atoms with Gasteiger partial charge in [0.1, 0.15) is 5.75 Å². The van der Waals surface area contributed by atoms with Crippen LogP contribution in [0.1, 0.15) is 50.3 Å². The molecule has 0 bridgehead atoms. The fourth-order valence-electron chi connectivity index (χ4n) is 3.54. The molecular weight excluding hydrogens is 412 g/mol. The van der Waals surface area contributed by atoms with Gasteiger partial charge in [-0.3, -0.25) is 9.10 Å². The molecule has 0 aliphatic rings. The summed E-state index contributed by atoms with van der Waals surface area (Å²) in [7, 11) is -1.81. The number of methoxy groups -OCH3 is 1. The van der Waals surface area contributed by atoms with Gasteiger partial charge < -0.3 is 10.1 Å². The summed E-state index contributed by atoms with van der Waals surface area (Å²) in [6.07, 6.45) is 2.70. The van der Waals surface area contributed by atoms with Crippen molar-refractivity contribution in [2.24, 2.45) is 5.92 Å². The molecule has 2 aromatic carbocycles. The van der Waals surface area contributed by atoms with Crippen molar-refractivity contribution in [2.75, 3.05) is 24.2 Å². The highest BCUT2D eigenvalue weighted by atomic mass is 32.2. The summed E-state index contributed by atoms with van der Waals surface area (Å²) in [5.74, 6) is 1.10. The van der Waals surface area contributed by atoms with Crippen LogP contribution in [-0.4, -0.2) is 34.2 Å². The molecule has 0 aromatic heterocycles. The van der Waals surface area contributed by atoms with Crippen molar-refractivity contribution >= 4 is 21.6 Å². The first-order valence-corrected chi connectivity index (χ1v) is 12.4. The molecule has 31 heavy (non-hydrogen) atoms. The van der Waals surface area contributed by atoms with Gasteiger partial charge in [-0.1, -0.05) is 44.2 Å². The molecule has 0 aliphatic carbocycles. The first-order valence-electron chi connectivity index (χ1n) is 10.6. The summed E-state index contributed by atoms with van der Waals surface area (Å²) in [5.41, 5.74) is 2.57. The number of amides is 1. The number of nitrogens with zero attached hydrogens (tertiary/aromatic N) is 1. The van der Waals surface area contributed by atoms with Gasteiger partial charge in [0.05, 0.1) is 25.1 Å². The summed E-state index contributed by atoms with van der Waals surface area (Å²) in [6, 6.07) is 15.0. The van der Waals surface area contributed by atoms with E-state index in [9.17, 15) is 13.2 Å². The highest BCUT2D eigenvalue weighted by Gasteiger charge is 2.20. The summed E-state index contributed by atoms with van der Waals surface area (Å²) >= 11 is 0. The second-order valence-electron chi connectivity index (χ2n) is 8.25. The van der Waals surface area contributed by atoms with E-state index in [1.165, 1.54) is 10.6 Å². The minimum atomic E-state index is -3.44. The van der Waals surface area contributed by atoms with E-state index in [1.54, 1.807) is 13.2 Å². The van der Waals surface area contributed by atoms with E-state index in [1.807, 2.05) is 49.4 Å². The highest BCUT2D eigenvalue weighted by molar-refractivity contribution is 7.92. The maximum Gasteiger partial charge on any atom is 0.232 e. The molecule has 0 aliphatic heterocycles. The van der Waals surface area contributed by atoms with Gasteiger partial charge in [-0.25, -0.2) is 8.42 Å². The van der Waals surface area contributed by atoms with Gasteiger partial charge in [0, 0.05) is 13.0 Å². The summed E-state index contributed by atoms with van der Waals surface area (Å²) in [6.45, 7) is 6.38. The Balaban J connectivity index is 2.02. The van der Waals surface area contributed by atoms with Crippen LogP contribution >= 0.6 is 0 Å². The third-order valence-electron chi connectivity index (χ3n) is 5.11. The molecule has 0 unspecified atom stereocenters. The van der Waals surface area contributed by atoms with Crippen LogP contribution in [0.25, 0.3) is 0 Å². The Morgan fingerprint density at radius 1 is 1.10 bits per heavy atom. The van der Waals surface area contributed by atoms with E-state index >= 15 is 0 Å². The van der Waals surface area contributed by atoms with Crippen molar-refractivity contribution in [1.82, 2.24) is 5.32 Å². The second kappa shape index (κ2) is 11.2. The number of carbonyl (C=O) groups is 1. The zero-order valence-corrected chi connectivity index (χ0v) is 19.9. The van der Waals surface area contributed by atoms with Gasteiger partial charge in [-0.15, -0.1) is 0 Å². The average Bonchev–Trinajstić information content (AvgIpc) is 2.70. The SMILES string of the molecule is COc1ccc([C@H](CC(C)C)NC(=O)CCCN(c2ccccc2C)S(C)(=O)=O)cc1. The van der Waals surface area contributed by atoms with Gasteiger partial charge in [-0.2, -0.15) is 0 Å². The van der Waals surface area contributed by atoms with E-state index < -0.39 is 10.0 Å². The Morgan fingerprint density at radius 3 is 2.29 bits per heavy atom. The van der Waals surface area contributed by atoms with Crippen molar-refractivity contribution in [3.63, 3.8) is 0 Å². The normalized spacial score (nSPS) is 12.5. The minimum Gasteiger partial charge on any atom is -0.497 e. The molecule has 7 heteroatoms. The molecule has 0 saturated carbocycles. The molecule has 0 heterocycles. The van der Waals surface area contributed by atoms with E-state index in [0.29, 0.717) is 18.0 Å². The Bertz CT molecular complexity index is 956. The molecular formula is C24H34N2O4S. The van der Waals surface area contributed by atoms with Crippen LogP contribution in [0.15, 0.2) is 48.5 Å². The number of aryl methyl sites for hydroxylation is 1. The fraction of sp³-hybridized carbons (Fsp3) is 0.458. The Hall–Kier alpha value is -2.54. The summed E-state index contributed by atoms with van der Waals surface area (Å²) < 4.78 is 31.2. The standard InChI is InChI=1S/C24H34N2O4S/c1-18(2)17-22(20-12-14-21(30-4)15-13-20)25-24(27)11-8-16-26(31(5,28)29)23-10-7-6-9-19(23)3/h6-7,9-10,12-15,18,22H,8,11,16-17H2,1-5H3,(H,25,27)/t22-/m0/s1. The number of para-hydroxylation sites is 1. The van der Waals surface area contributed by atoms with Crippen LogP contribution in [-0.2, 0) is 14.8 Å². The molecule has 0 fully saturated rings. The maximum atomic E-state index is 12.7. The van der Waals surface area contributed by atoms with Crippen LogP contribution in [0.3, 0.4) is 0 Å². The number of anilines is 1. The van der Waals surface area contributed by atoms with Crippen LogP contribution < -0.4 is 14.4 Å². The molecule has 2 rings (SSSR count). The average molecular weight is 447 g/mol. The van der Waals surface area contributed by atoms with Gasteiger partial charge in [0.25, 0.3) is 0 Å². The lowest BCUT2D eigenvalue weighted by molar-refractivity contribution is -0.122. The van der Waals surface area contributed by atoms with Crippen LogP contribution in [0.5, 0.6) is 5.75 Å². The molecule has 1 amide bonds.